The Bertz CT molecular complexity index is 1350. The van der Waals surface area contributed by atoms with Crippen molar-refractivity contribution in [1.29, 1.82) is 0 Å². The predicted octanol–water partition coefficient (Wildman–Crippen LogP) is 6.03. The first-order valence-corrected chi connectivity index (χ1v) is 13.4. The molecule has 0 spiro atoms. The largest absolute Gasteiger partial charge is 0.287 e. The van der Waals surface area contributed by atoms with Crippen LogP contribution in [0.25, 0.3) is 22.3 Å². The highest BCUT2D eigenvalue weighted by atomic mass is 15.0. The molecular weight excluding hydrogens is 464 g/mol. The summed E-state index contributed by atoms with van der Waals surface area (Å²) in [7, 11) is 0. The van der Waals surface area contributed by atoms with Gasteiger partial charge in [-0.2, -0.15) is 0 Å². The van der Waals surface area contributed by atoms with Gasteiger partial charge in [0.2, 0.25) is 0 Å². The maximum atomic E-state index is 6.26. The highest BCUT2D eigenvalue weighted by Gasteiger charge is 2.09. The number of pyridine rings is 2. The molecule has 5 rings (SSSR count). The second kappa shape index (κ2) is 12.2. The summed E-state index contributed by atoms with van der Waals surface area (Å²) in [5.41, 5.74) is 20.0. The van der Waals surface area contributed by atoms with Gasteiger partial charge in [-0.1, -0.05) is 84.9 Å². The normalized spacial score (nSPS) is 10.9. The number of rotatable bonds is 10. The van der Waals surface area contributed by atoms with Gasteiger partial charge in [0.25, 0.3) is 11.6 Å². The van der Waals surface area contributed by atoms with Gasteiger partial charge >= 0.3 is 0 Å². The van der Waals surface area contributed by atoms with Crippen LogP contribution in [-0.4, -0.2) is 0 Å². The molecule has 0 aliphatic heterocycles. The van der Waals surface area contributed by atoms with E-state index in [-0.39, 0.29) is 0 Å². The zero-order chi connectivity index (χ0) is 26.2. The van der Waals surface area contributed by atoms with Gasteiger partial charge in [-0.25, -0.2) is 9.13 Å². The SMILES string of the molecule is Nc1ccc(-c2ccccc2)c[n+]1CCCc1ccc(CCC[n+]2cc(-c3ccccc3)ccc2N)cc1. The molecule has 2 aromatic heterocycles. The standard InChI is InChI=1S/C34H34N4/c35-33-21-19-31(29-11-3-1-4-12-29)25-37(33)23-7-9-27-15-17-28(18-16-27)10-8-24-38-26-32(20-22-34(38)36)30-13-5-2-6-14-30/h1-6,11-22,25-26,35-36H,7-10,23-24H2/p+2. The summed E-state index contributed by atoms with van der Waals surface area (Å²) in [6.45, 7) is 1.80. The molecule has 0 aliphatic carbocycles. The van der Waals surface area contributed by atoms with Crippen LogP contribution in [0.2, 0.25) is 0 Å². The molecule has 0 saturated heterocycles. The van der Waals surface area contributed by atoms with E-state index >= 15 is 0 Å². The zero-order valence-corrected chi connectivity index (χ0v) is 21.8. The van der Waals surface area contributed by atoms with Crippen LogP contribution in [0.15, 0.2) is 122 Å². The molecule has 4 heteroatoms. The molecule has 0 fully saturated rings. The van der Waals surface area contributed by atoms with E-state index in [1.807, 2.05) is 24.3 Å². The molecule has 4 nitrogen and oxygen atoms in total. The Labute approximate surface area is 225 Å². The van der Waals surface area contributed by atoms with Gasteiger partial charge in [0.1, 0.15) is 0 Å². The monoisotopic (exact) mass is 500 g/mol. The second-order valence-electron chi connectivity index (χ2n) is 9.83. The average Bonchev–Trinajstić information content (AvgIpc) is 2.97. The number of nitrogen functional groups attached to an aromatic ring is 2. The number of hydrogen-bond donors (Lipinski definition) is 2. The number of benzene rings is 3. The molecule has 38 heavy (non-hydrogen) atoms. The lowest BCUT2D eigenvalue weighted by Gasteiger charge is -2.08. The van der Waals surface area contributed by atoms with Crippen LogP contribution in [-0.2, 0) is 25.9 Å². The summed E-state index contributed by atoms with van der Waals surface area (Å²) in [6, 6.07) is 38.1. The minimum Gasteiger partial charge on any atom is -0.287 e. The van der Waals surface area contributed by atoms with Crippen LogP contribution in [0.3, 0.4) is 0 Å². The number of nitrogens with zero attached hydrogens (tertiary/aromatic N) is 2. The van der Waals surface area contributed by atoms with Crippen molar-refractivity contribution in [3.63, 3.8) is 0 Å². The summed E-state index contributed by atoms with van der Waals surface area (Å²) in [5, 5.41) is 0. The Kier molecular flexibility index (Phi) is 8.10. The van der Waals surface area contributed by atoms with Crippen molar-refractivity contribution in [2.24, 2.45) is 0 Å². The lowest BCUT2D eigenvalue weighted by Crippen LogP contribution is -2.37. The lowest BCUT2D eigenvalue weighted by molar-refractivity contribution is -0.682. The van der Waals surface area contributed by atoms with E-state index in [9.17, 15) is 0 Å². The van der Waals surface area contributed by atoms with Crippen LogP contribution in [0.5, 0.6) is 0 Å². The molecule has 3 aromatic carbocycles. The first kappa shape index (κ1) is 25.2. The number of nitrogens with two attached hydrogens (primary N) is 2. The van der Waals surface area contributed by atoms with Gasteiger partial charge in [-0.05, 0) is 60.1 Å². The maximum absolute atomic E-state index is 6.26. The minimum absolute atomic E-state index is 0.799. The third-order valence-corrected chi connectivity index (χ3v) is 7.09. The van der Waals surface area contributed by atoms with Crippen molar-refractivity contribution in [3.05, 3.63) is 133 Å². The lowest BCUT2D eigenvalue weighted by atomic mass is 10.0. The van der Waals surface area contributed by atoms with Crippen LogP contribution < -0.4 is 20.6 Å². The third kappa shape index (κ3) is 6.46. The van der Waals surface area contributed by atoms with E-state index in [0.717, 1.165) is 50.4 Å². The molecule has 4 N–H and O–H groups in total. The fourth-order valence-corrected chi connectivity index (χ4v) is 4.88. The van der Waals surface area contributed by atoms with Crippen molar-refractivity contribution in [1.82, 2.24) is 0 Å². The highest BCUT2D eigenvalue weighted by Crippen LogP contribution is 2.19. The predicted molar refractivity (Wildman–Crippen MR) is 156 cm³/mol. The van der Waals surface area contributed by atoms with Gasteiger partial charge in [0, 0.05) is 23.3 Å². The molecule has 0 bridgehead atoms. The van der Waals surface area contributed by atoms with E-state index < -0.39 is 0 Å². The van der Waals surface area contributed by atoms with E-state index in [0.29, 0.717) is 0 Å². The quantitative estimate of drug-likeness (QED) is 0.230. The fourth-order valence-electron chi connectivity index (χ4n) is 4.88. The van der Waals surface area contributed by atoms with E-state index in [1.165, 1.54) is 33.4 Å². The Hall–Kier alpha value is -4.44. The van der Waals surface area contributed by atoms with Gasteiger partial charge < -0.3 is 0 Å². The summed E-state index contributed by atoms with van der Waals surface area (Å²) in [4.78, 5) is 0. The van der Waals surface area contributed by atoms with Gasteiger partial charge in [-0.15, -0.1) is 0 Å². The molecule has 5 aromatic rings. The number of aryl methyl sites for hydroxylation is 4. The molecule has 0 radical (unpaired) electrons. The maximum Gasteiger partial charge on any atom is 0.272 e. The summed E-state index contributed by atoms with van der Waals surface area (Å²) in [6.07, 6.45) is 8.46. The van der Waals surface area contributed by atoms with Crippen molar-refractivity contribution in [3.8, 4) is 22.3 Å². The van der Waals surface area contributed by atoms with Crippen molar-refractivity contribution < 1.29 is 9.13 Å². The van der Waals surface area contributed by atoms with Crippen molar-refractivity contribution >= 4 is 11.6 Å². The molecule has 0 amide bonds. The first-order chi connectivity index (χ1) is 18.7. The van der Waals surface area contributed by atoms with Crippen LogP contribution >= 0.6 is 0 Å². The first-order valence-electron chi connectivity index (χ1n) is 13.4. The van der Waals surface area contributed by atoms with Crippen molar-refractivity contribution in [2.75, 3.05) is 11.5 Å². The molecule has 0 unspecified atom stereocenters. The number of hydrogen-bond acceptors (Lipinski definition) is 2. The molecule has 0 saturated carbocycles. The summed E-state index contributed by atoms with van der Waals surface area (Å²) < 4.78 is 4.32. The molecule has 0 aliphatic rings. The summed E-state index contributed by atoms with van der Waals surface area (Å²) >= 11 is 0. The van der Waals surface area contributed by atoms with E-state index in [2.05, 4.69) is 106 Å². The van der Waals surface area contributed by atoms with E-state index in [4.69, 9.17) is 11.5 Å². The Morgan fingerprint density at radius 1 is 0.421 bits per heavy atom. The topological polar surface area (TPSA) is 59.8 Å². The van der Waals surface area contributed by atoms with Gasteiger partial charge in [0.05, 0.1) is 25.5 Å². The van der Waals surface area contributed by atoms with Crippen LogP contribution in [0.1, 0.15) is 24.0 Å². The van der Waals surface area contributed by atoms with Gasteiger partial charge in [-0.3, -0.25) is 11.5 Å². The summed E-state index contributed by atoms with van der Waals surface area (Å²) in [5.74, 6) is 1.60. The van der Waals surface area contributed by atoms with Crippen LogP contribution in [0.4, 0.5) is 11.6 Å². The zero-order valence-electron chi connectivity index (χ0n) is 21.8. The molecule has 0 atom stereocenters. The third-order valence-electron chi connectivity index (χ3n) is 7.09. The Morgan fingerprint density at radius 2 is 0.816 bits per heavy atom. The van der Waals surface area contributed by atoms with Gasteiger partial charge in [0.15, 0.2) is 0 Å². The molecule has 2 heterocycles. The van der Waals surface area contributed by atoms with Crippen LogP contribution in [0, 0.1) is 0 Å². The second-order valence-corrected chi connectivity index (χ2v) is 9.83. The minimum atomic E-state index is 0.799. The number of aromatic nitrogens is 2. The Morgan fingerprint density at radius 3 is 1.21 bits per heavy atom. The highest BCUT2D eigenvalue weighted by molar-refractivity contribution is 5.62. The molecular formula is C34H36N4+2. The Balaban J connectivity index is 1.12. The smallest absolute Gasteiger partial charge is 0.272 e. The van der Waals surface area contributed by atoms with E-state index in [1.54, 1.807) is 0 Å². The molecule has 190 valence electrons. The van der Waals surface area contributed by atoms with Crippen molar-refractivity contribution in [2.45, 2.75) is 38.8 Å². The fraction of sp³-hybridized carbons (Fsp3) is 0.176. The average molecular weight is 501 g/mol. The number of anilines is 2.